The van der Waals surface area contributed by atoms with Crippen molar-refractivity contribution in [1.29, 1.82) is 0 Å². The number of nitrogens with zero attached hydrogens (tertiary/aromatic N) is 2. The molecule has 2 aromatic heterocycles. The Bertz CT molecular complexity index is 864. The van der Waals surface area contributed by atoms with Crippen molar-refractivity contribution in [3.63, 3.8) is 0 Å². The number of rotatable bonds is 3. The van der Waals surface area contributed by atoms with E-state index in [0.29, 0.717) is 12.4 Å². The number of nitrogens with one attached hydrogen (secondary N) is 1. The predicted octanol–water partition coefficient (Wildman–Crippen LogP) is 2.84. The predicted molar refractivity (Wildman–Crippen MR) is 82.0 cm³/mol. The second kappa shape index (κ2) is 7.62. The fourth-order valence-corrected chi connectivity index (χ4v) is 1.76. The number of hydrogen-bond acceptors (Lipinski definition) is 5. The molecule has 0 bridgehead atoms. The van der Waals surface area contributed by atoms with Gasteiger partial charge in [-0.15, -0.1) is 0 Å². The fourth-order valence-electron chi connectivity index (χ4n) is 1.76. The molecule has 3 aromatic rings. The van der Waals surface area contributed by atoms with Gasteiger partial charge in [-0.25, -0.2) is 14.8 Å². The Morgan fingerprint density at radius 2 is 1.96 bits per heavy atom. The molecule has 2 heterocycles. The second-order valence-corrected chi connectivity index (χ2v) is 4.68. The monoisotopic (exact) mass is 354 g/mol. The van der Waals surface area contributed by atoms with Crippen molar-refractivity contribution in [3.05, 3.63) is 48.5 Å². The SMILES string of the molecule is NCc1cc(Oc2ccc3[nH]ccc3c2)ncn1.O=C(O)C(F)(F)F. The van der Waals surface area contributed by atoms with Gasteiger partial charge in [-0.3, -0.25) is 0 Å². The highest BCUT2D eigenvalue weighted by Gasteiger charge is 2.38. The number of carboxylic acids is 1. The molecule has 7 nitrogen and oxygen atoms in total. The number of carboxylic acid groups (broad SMARTS) is 1. The van der Waals surface area contributed by atoms with Crippen LogP contribution in [0, 0.1) is 0 Å². The number of hydrogen-bond donors (Lipinski definition) is 3. The van der Waals surface area contributed by atoms with Crippen LogP contribution in [0.25, 0.3) is 10.9 Å². The quantitative estimate of drug-likeness (QED) is 0.666. The molecule has 0 aliphatic heterocycles. The van der Waals surface area contributed by atoms with E-state index in [1.54, 1.807) is 6.07 Å². The van der Waals surface area contributed by atoms with Crippen molar-refractivity contribution < 1.29 is 27.8 Å². The maximum atomic E-state index is 10.6. The zero-order valence-corrected chi connectivity index (χ0v) is 12.6. The van der Waals surface area contributed by atoms with Crippen molar-refractivity contribution in [1.82, 2.24) is 15.0 Å². The summed E-state index contributed by atoms with van der Waals surface area (Å²) in [5.74, 6) is -1.52. The average molecular weight is 354 g/mol. The lowest BCUT2D eigenvalue weighted by Crippen LogP contribution is -2.21. The van der Waals surface area contributed by atoms with E-state index in [-0.39, 0.29) is 0 Å². The third-order valence-electron chi connectivity index (χ3n) is 2.90. The summed E-state index contributed by atoms with van der Waals surface area (Å²) in [4.78, 5) is 20.1. The molecule has 25 heavy (non-hydrogen) atoms. The van der Waals surface area contributed by atoms with Crippen molar-refractivity contribution in [2.45, 2.75) is 12.7 Å². The molecule has 1 aromatic carbocycles. The summed E-state index contributed by atoms with van der Waals surface area (Å²) >= 11 is 0. The number of aromatic amines is 1. The molecule has 0 aliphatic carbocycles. The zero-order valence-electron chi connectivity index (χ0n) is 12.6. The molecule has 10 heteroatoms. The zero-order chi connectivity index (χ0) is 18.4. The van der Waals surface area contributed by atoms with Crippen LogP contribution in [-0.2, 0) is 11.3 Å². The molecule has 0 fully saturated rings. The summed E-state index contributed by atoms with van der Waals surface area (Å²) in [6.07, 6.45) is -1.74. The van der Waals surface area contributed by atoms with Crippen LogP contribution >= 0.6 is 0 Å². The Labute approximate surface area is 139 Å². The third-order valence-corrected chi connectivity index (χ3v) is 2.90. The number of aliphatic carboxylic acids is 1. The number of carbonyl (C=O) groups is 1. The van der Waals surface area contributed by atoms with Crippen molar-refractivity contribution >= 4 is 16.9 Å². The van der Waals surface area contributed by atoms with Gasteiger partial charge in [0.2, 0.25) is 5.88 Å². The molecular weight excluding hydrogens is 341 g/mol. The summed E-state index contributed by atoms with van der Waals surface area (Å²) in [5.41, 5.74) is 7.35. The first-order valence-electron chi connectivity index (χ1n) is 6.85. The first-order valence-corrected chi connectivity index (χ1v) is 6.85. The van der Waals surface area contributed by atoms with Crippen LogP contribution in [-0.4, -0.2) is 32.2 Å². The Hall–Kier alpha value is -3.14. The van der Waals surface area contributed by atoms with Gasteiger partial charge < -0.3 is 20.6 Å². The maximum Gasteiger partial charge on any atom is 0.490 e. The number of fused-ring (bicyclic) bond motifs is 1. The van der Waals surface area contributed by atoms with Crippen LogP contribution in [0.1, 0.15) is 5.69 Å². The van der Waals surface area contributed by atoms with E-state index in [9.17, 15) is 13.2 Å². The number of aromatic nitrogens is 3. The van der Waals surface area contributed by atoms with Gasteiger partial charge in [-0.05, 0) is 24.3 Å². The number of H-pyrrole nitrogens is 1. The van der Waals surface area contributed by atoms with Crippen LogP contribution in [0.4, 0.5) is 13.2 Å². The topological polar surface area (TPSA) is 114 Å². The van der Waals surface area contributed by atoms with Crippen molar-refractivity contribution in [2.75, 3.05) is 0 Å². The molecule has 3 rings (SSSR count). The van der Waals surface area contributed by atoms with Gasteiger partial charge in [-0.2, -0.15) is 13.2 Å². The van der Waals surface area contributed by atoms with E-state index in [0.717, 1.165) is 22.3 Å². The minimum atomic E-state index is -5.08. The molecule has 0 spiro atoms. The van der Waals surface area contributed by atoms with Crippen LogP contribution in [0.5, 0.6) is 11.6 Å². The van der Waals surface area contributed by atoms with E-state index in [2.05, 4.69) is 15.0 Å². The first-order chi connectivity index (χ1) is 11.8. The number of benzene rings is 1. The summed E-state index contributed by atoms with van der Waals surface area (Å²) in [5, 5.41) is 8.22. The Morgan fingerprint density at radius 3 is 2.60 bits per heavy atom. The highest BCUT2D eigenvalue weighted by molar-refractivity contribution is 5.80. The van der Waals surface area contributed by atoms with E-state index in [4.69, 9.17) is 20.4 Å². The number of nitrogens with two attached hydrogens (primary N) is 1. The molecule has 4 N–H and O–H groups in total. The Kier molecular flexibility index (Phi) is 5.55. The largest absolute Gasteiger partial charge is 0.490 e. The van der Waals surface area contributed by atoms with Gasteiger partial charge in [0, 0.05) is 29.7 Å². The van der Waals surface area contributed by atoms with E-state index < -0.39 is 12.1 Å². The normalized spacial score (nSPS) is 10.9. The van der Waals surface area contributed by atoms with Gasteiger partial charge in [0.1, 0.15) is 12.1 Å². The summed E-state index contributed by atoms with van der Waals surface area (Å²) < 4.78 is 37.4. The molecule has 0 unspecified atom stereocenters. The van der Waals surface area contributed by atoms with Crippen LogP contribution in [0.15, 0.2) is 42.9 Å². The van der Waals surface area contributed by atoms with Gasteiger partial charge in [-0.1, -0.05) is 0 Å². The maximum absolute atomic E-state index is 10.6. The van der Waals surface area contributed by atoms with Gasteiger partial charge in [0.15, 0.2) is 0 Å². The summed E-state index contributed by atoms with van der Waals surface area (Å²) in [6, 6.07) is 9.55. The molecule has 0 amide bonds. The van der Waals surface area contributed by atoms with E-state index in [1.165, 1.54) is 6.33 Å². The molecule has 132 valence electrons. The molecule has 0 saturated carbocycles. The number of ether oxygens (including phenoxy) is 1. The van der Waals surface area contributed by atoms with Gasteiger partial charge in [0.05, 0.1) is 5.69 Å². The second-order valence-electron chi connectivity index (χ2n) is 4.68. The third kappa shape index (κ3) is 5.18. The number of alkyl halides is 3. The molecule has 0 saturated heterocycles. The summed E-state index contributed by atoms with van der Waals surface area (Å²) in [7, 11) is 0. The lowest BCUT2D eigenvalue weighted by molar-refractivity contribution is -0.192. The Balaban J connectivity index is 0.000000277. The van der Waals surface area contributed by atoms with Crippen LogP contribution in [0.3, 0.4) is 0 Å². The Morgan fingerprint density at radius 1 is 1.24 bits per heavy atom. The van der Waals surface area contributed by atoms with Gasteiger partial charge in [0.25, 0.3) is 0 Å². The van der Waals surface area contributed by atoms with Gasteiger partial charge >= 0.3 is 12.1 Å². The fraction of sp³-hybridized carbons (Fsp3) is 0.133. The lowest BCUT2D eigenvalue weighted by Gasteiger charge is -2.05. The van der Waals surface area contributed by atoms with Crippen molar-refractivity contribution in [3.8, 4) is 11.6 Å². The molecule has 0 aliphatic rings. The molecule has 0 radical (unpaired) electrons. The minimum Gasteiger partial charge on any atom is -0.475 e. The molecular formula is C15H13F3N4O3. The van der Waals surface area contributed by atoms with Crippen molar-refractivity contribution in [2.24, 2.45) is 5.73 Å². The lowest BCUT2D eigenvalue weighted by atomic mass is 10.2. The van der Waals surface area contributed by atoms with E-state index in [1.807, 2.05) is 30.5 Å². The minimum absolute atomic E-state index is 0.371. The smallest absolute Gasteiger partial charge is 0.475 e. The average Bonchev–Trinajstić information content (AvgIpc) is 3.02. The van der Waals surface area contributed by atoms with Crippen LogP contribution < -0.4 is 10.5 Å². The van der Waals surface area contributed by atoms with Crippen LogP contribution in [0.2, 0.25) is 0 Å². The highest BCUT2D eigenvalue weighted by atomic mass is 19.4. The highest BCUT2D eigenvalue weighted by Crippen LogP contribution is 2.23. The van der Waals surface area contributed by atoms with E-state index >= 15 is 0 Å². The first kappa shape index (κ1) is 18.2. The summed E-state index contributed by atoms with van der Waals surface area (Å²) in [6.45, 7) is 0.371. The standard InChI is InChI=1S/C13H12N4O.C2HF3O2/c14-7-10-6-13(17-8-16-10)18-11-1-2-12-9(5-11)3-4-15-12;3-2(4,5)1(6)7/h1-6,8,15H,7,14H2;(H,6,7). The number of halogens is 3. The molecule has 0 atom stereocenters.